The second-order valence-electron chi connectivity index (χ2n) is 20.0. The van der Waals surface area contributed by atoms with Crippen molar-refractivity contribution in [1.29, 1.82) is 0 Å². The molecule has 4 rings (SSSR count). The van der Waals surface area contributed by atoms with E-state index in [4.69, 9.17) is 28.4 Å². The molecule has 4 fully saturated rings. The van der Waals surface area contributed by atoms with Gasteiger partial charge in [-0.2, -0.15) is 4.31 Å². The van der Waals surface area contributed by atoms with E-state index < -0.39 is 118 Å². The lowest BCUT2D eigenvalue weighted by Crippen LogP contribution is -2.70. The van der Waals surface area contributed by atoms with Gasteiger partial charge in [0.25, 0.3) is 0 Å². The van der Waals surface area contributed by atoms with Gasteiger partial charge in [0.1, 0.15) is 35.1 Å². The zero-order chi connectivity index (χ0) is 46.7. The lowest BCUT2D eigenvalue weighted by molar-refractivity contribution is -0.336. The van der Waals surface area contributed by atoms with E-state index in [1.165, 1.54) is 25.4 Å². The van der Waals surface area contributed by atoms with Crippen LogP contribution in [-0.2, 0) is 43.2 Å². The molecule has 4 aliphatic rings. The fraction of sp³-hybridized carbons (Fsp3) is 0.977. The third kappa shape index (κ3) is 12.1. The van der Waals surface area contributed by atoms with Crippen LogP contribution < -0.4 is 10.6 Å². The predicted molar refractivity (Wildman–Crippen MR) is 232 cm³/mol. The number of aliphatic hydroxyl groups is 5. The average Bonchev–Trinajstić information content (AvgIpc) is 4.01. The number of methoxy groups -OCH3 is 1. The highest BCUT2D eigenvalue weighted by Crippen LogP contribution is 2.43. The Morgan fingerprint density at radius 3 is 2.19 bits per heavy atom. The first kappa shape index (κ1) is 53.5. The third-order valence-corrected chi connectivity index (χ3v) is 16.4. The summed E-state index contributed by atoms with van der Waals surface area (Å²) < 4.78 is 66.6. The molecule has 0 amide bonds. The molecule has 0 bridgehead atoms. The Bertz CT molecular complexity index is 1550. The largest absolute Gasteiger partial charge is 0.459 e. The third-order valence-electron chi connectivity index (χ3n) is 14.4. The second-order valence-corrected chi connectivity index (χ2v) is 22.0. The van der Waals surface area contributed by atoms with Gasteiger partial charge in [0.15, 0.2) is 12.6 Å². The fourth-order valence-corrected chi connectivity index (χ4v) is 11.7. The van der Waals surface area contributed by atoms with Crippen molar-refractivity contribution in [3.63, 3.8) is 0 Å². The van der Waals surface area contributed by atoms with Gasteiger partial charge in [-0.15, -0.1) is 0 Å². The van der Waals surface area contributed by atoms with Crippen LogP contribution >= 0.6 is 0 Å². The first-order valence-electron chi connectivity index (χ1n) is 23.0. The molecular weight excluding hydrogens is 827 g/mol. The van der Waals surface area contributed by atoms with Crippen LogP contribution in [0.25, 0.3) is 0 Å². The van der Waals surface area contributed by atoms with Gasteiger partial charge in [0.2, 0.25) is 10.0 Å². The Morgan fingerprint density at radius 2 is 1.61 bits per heavy atom. The predicted octanol–water partition coefficient (Wildman–Crippen LogP) is 2.04. The molecule has 1 saturated carbocycles. The minimum Gasteiger partial charge on any atom is -0.459 e. The number of ether oxygens (including phenoxy) is 6. The molecule has 17 nitrogen and oxygen atoms in total. The van der Waals surface area contributed by atoms with E-state index in [0.29, 0.717) is 13.1 Å². The molecule has 18 atom stereocenters. The molecule has 18 heteroatoms. The van der Waals surface area contributed by atoms with Gasteiger partial charge in [-0.3, -0.25) is 4.79 Å². The highest BCUT2D eigenvalue weighted by molar-refractivity contribution is 7.89. The van der Waals surface area contributed by atoms with Gasteiger partial charge >= 0.3 is 5.97 Å². The standard InChI is InChI=1S/C44H83N3O14S/c1-14-18-45-24-44(53)30(8)58-34(21-42(44,10)56-13)60-36-27(5)38(61-40-35(48)32(19-26(4)57-40)47(12)62(54,55)23-31-16-17-31)41(9,51)20-25(3)22-46-29(7)37(49)43(11,52)33(15-2)59-39(50)28(36)6/h25-38,40,45-46,48-49,51-53H,14-24H2,1-13H3/t25-,26-,27+,28-,29-,30+,32+,33-,34+,35-,36+,37-,38-,40+,41-,42-,43-,44+/m1/s1. The van der Waals surface area contributed by atoms with E-state index in [9.17, 15) is 38.7 Å². The lowest BCUT2D eigenvalue weighted by atomic mass is 9.75. The molecule has 0 radical (unpaired) electrons. The number of likely N-dealkylation sites (N-methyl/N-ethyl adjacent to an activating group) is 1. The van der Waals surface area contributed by atoms with Crippen LogP contribution in [0.15, 0.2) is 0 Å². The van der Waals surface area contributed by atoms with E-state index in [2.05, 4.69) is 10.6 Å². The minimum atomic E-state index is -3.73. The molecule has 0 aromatic rings. The number of nitrogens with one attached hydrogen (secondary N) is 2. The number of hydrogen-bond acceptors (Lipinski definition) is 16. The van der Waals surface area contributed by atoms with Crippen molar-refractivity contribution in [3.8, 4) is 0 Å². The monoisotopic (exact) mass is 910 g/mol. The summed E-state index contributed by atoms with van der Waals surface area (Å²) in [5, 5.41) is 66.4. The fourth-order valence-electron chi connectivity index (χ4n) is 9.96. The molecular formula is C44H83N3O14S. The van der Waals surface area contributed by atoms with Crippen molar-refractivity contribution in [2.24, 2.45) is 23.7 Å². The van der Waals surface area contributed by atoms with Crippen LogP contribution in [0.1, 0.15) is 121 Å². The maximum atomic E-state index is 14.4. The van der Waals surface area contributed by atoms with Gasteiger partial charge in [-0.1, -0.05) is 27.7 Å². The van der Waals surface area contributed by atoms with Crippen molar-refractivity contribution < 1.29 is 67.2 Å². The van der Waals surface area contributed by atoms with Crippen LogP contribution in [0.3, 0.4) is 0 Å². The Hall–Kier alpha value is -1.10. The van der Waals surface area contributed by atoms with Crippen LogP contribution in [0, 0.1) is 23.7 Å². The van der Waals surface area contributed by atoms with Crippen molar-refractivity contribution in [2.75, 3.05) is 39.5 Å². The number of sulfonamides is 1. The number of cyclic esters (lactones) is 1. The number of nitrogens with zero attached hydrogens (tertiary/aromatic N) is 1. The van der Waals surface area contributed by atoms with Crippen LogP contribution in [-0.4, -0.2) is 174 Å². The first-order valence-corrected chi connectivity index (χ1v) is 24.6. The number of hydrogen-bond donors (Lipinski definition) is 7. The maximum absolute atomic E-state index is 14.4. The molecule has 0 aromatic heterocycles. The van der Waals surface area contributed by atoms with Crippen LogP contribution in [0.2, 0.25) is 0 Å². The number of carbonyl (C=O) groups is 1. The zero-order valence-electron chi connectivity index (χ0n) is 39.7. The molecule has 0 spiro atoms. The molecule has 7 N–H and O–H groups in total. The van der Waals surface area contributed by atoms with Crippen molar-refractivity contribution in [3.05, 3.63) is 0 Å². The molecule has 0 unspecified atom stereocenters. The van der Waals surface area contributed by atoms with Gasteiger partial charge in [-0.05, 0) is 112 Å². The highest BCUT2D eigenvalue weighted by atomic mass is 32.2. The normalized spacial score (nSPS) is 45.9. The van der Waals surface area contributed by atoms with E-state index >= 15 is 0 Å². The van der Waals surface area contributed by atoms with Crippen LogP contribution in [0.4, 0.5) is 0 Å². The minimum absolute atomic E-state index is 0.0125. The quantitative estimate of drug-likeness (QED) is 0.0976. The topological polar surface area (TPSA) is 235 Å². The lowest BCUT2D eigenvalue weighted by Gasteiger charge is -2.53. The molecule has 0 aromatic carbocycles. The van der Waals surface area contributed by atoms with Gasteiger partial charge in [0.05, 0.1) is 47.7 Å². The molecule has 364 valence electrons. The second kappa shape index (κ2) is 21.2. The summed E-state index contributed by atoms with van der Waals surface area (Å²) in [6, 6.07) is -1.54. The molecule has 3 saturated heterocycles. The first-order chi connectivity index (χ1) is 28.7. The Morgan fingerprint density at radius 1 is 0.968 bits per heavy atom. The van der Waals surface area contributed by atoms with E-state index in [-0.39, 0.29) is 49.8 Å². The smallest absolute Gasteiger partial charge is 0.311 e. The number of aliphatic hydroxyl groups excluding tert-OH is 2. The highest BCUT2D eigenvalue weighted by Gasteiger charge is 2.58. The van der Waals surface area contributed by atoms with E-state index in [1.807, 2.05) is 13.8 Å². The summed E-state index contributed by atoms with van der Waals surface area (Å²) in [6.45, 7) is 20.2. The van der Waals surface area contributed by atoms with Crippen molar-refractivity contribution in [1.82, 2.24) is 14.9 Å². The SMILES string of the molecule is CCCNC[C@]1(O)[C@H](C)O[C@@H](O[C@H]2[C@H](C)[C@@H](O[C@@H]3O[C@H](C)C[C@H](N(C)S(=O)(=O)CC4CC4)[C@H]3O)[C@](C)(O)C[C@@H](C)CN[C@H](C)[C@@H](O)[C@](C)(O)[C@@H](CC)OC(=O)[C@@H]2C)C[C@@]1(C)OC. The Labute approximate surface area is 371 Å². The summed E-state index contributed by atoms with van der Waals surface area (Å²) in [5.41, 5.74) is -6.24. The summed E-state index contributed by atoms with van der Waals surface area (Å²) in [7, 11) is -0.753. The van der Waals surface area contributed by atoms with Crippen molar-refractivity contribution >= 4 is 16.0 Å². The van der Waals surface area contributed by atoms with Crippen LogP contribution in [0.5, 0.6) is 0 Å². The molecule has 1 aliphatic carbocycles. The number of esters is 1. The average molecular weight is 910 g/mol. The van der Waals surface area contributed by atoms with Crippen molar-refractivity contribution in [2.45, 2.75) is 211 Å². The Balaban J connectivity index is 1.80. The molecule has 62 heavy (non-hydrogen) atoms. The number of rotatable bonds is 14. The molecule has 3 heterocycles. The summed E-state index contributed by atoms with van der Waals surface area (Å²) in [5.74, 6) is -2.95. The molecule has 3 aliphatic heterocycles. The summed E-state index contributed by atoms with van der Waals surface area (Å²) >= 11 is 0. The van der Waals surface area contributed by atoms with Gasteiger partial charge in [-0.25, -0.2) is 8.42 Å². The summed E-state index contributed by atoms with van der Waals surface area (Å²) in [4.78, 5) is 14.4. The van der Waals surface area contributed by atoms with E-state index in [0.717, 1.165) is 19.3 Å². The maximum Gasteiger partial charge on any atom is 0.311 e. The number of carbonyl (C=O) groups excluding carboxylic acids is 1. The van der Waals surface area contributed by atoms with Gasteiger partial charge in [0, 0.05) is 39.1 Å². The Kier molecular flexibility index (Phi) is 18.3. The van der Waals surface area contributed by atoms with E-state index in [1.54, 1.807) is 55.4 Å². The zero-order valence-corrected chi connectivity index (χ0v) is 40.5. The van der Waals surface area contributed by atoms with Gasteiger partial charge < -0.3 is 64.6 Å². The summed E-state index contributed by atoms with van der Waals surface area (Å²) in [6.07, 6.45) is -7.07.